The fourth-order valence-electron chi connectivity index (χ4n) is 0.856. The van der Waals surface area contributed by atoms with Crippen LogP contribution in [0.15, 0.2) is 5.38 Å². The van der Waals surface area contributed by atoms with Gasteiger partial charge in [0, 0.05) is 5.56 Å². The summed E-state index contributed by atoms with van der Waals surface area (Å²) in [7, 11) is -6.13. The Balaban J connectivity index is 3.14. The number of aryl methyl sites for hydroxylation is 1. The maximum Gasteiger partial charge on any atom is 0.475 e. The first-order valence-corrected chi connectivity index (χ1v) is 6.62. The van der Waals surface area contributed by atoms with Crippen LogP contribution in [0.1, 0.15) is 11.1 Å². The summed E-state index contributed by atoms with van der Waals surface area (Å²) in [5.74, 6) is 0. The normalized spacial score (nSPS) is 13.7. The van der Waals surface area contributed by atoms with E-state index in [4.69, 9.17) is 0 Å². The van der Waals surface area contributed by atoms with Gasteiger partial charge in [0.15, 0.2) is 5.06 Å². The first-order valence-electron chi connectivity index (χ1n) is 4.33. The SMILES string of the molecule is Cc1csc(OS(=O)(=O)C(F)(F)C(F)(F)F)c1C. The lowest BCUT2D eigenvalue weighted by Gasteiger charge is -2.18. The lowest BCUT2D eigenvalue weighted by atomic mass is 10.2. The molecule has 0 amide bonds. The smallest absolute Gasteiger partial charge is 0.366 e. The van der Waals surface area contributed by atoms with Gasteiger partial charge in [0.05, 0.1) is 0 Å². The van der Waals surface area contributed by atoms with Crippen LogP contribution in [0.5, 0.6) is 5.06 Å². The van der Waals surface area contributed by atoms with Crippen molar-refractivity contribution in [3.63, 3.8) is 0 Å². The molecule has 0 fully saturated rings. The number of rotatable bonds is 3. The van der Waals surface area contributed by atoms with Crippen molar-refractivity contribution in [1.29, 1.82) is 0 Å². The molecule has 0 bridgehead atoms. The van der Waals surface area contributed by atoms with E-state index in [0.29, 0.717) is 16.9 Å². The van der Waals surface area contributed by atoms with Crippen molar-refractivity contribution in [2.24, 2.45) is 0 Å². The van der Waals surface area contributed by atoms with E-state index in [0.717, 1.165) is 0 Å². The quantitative estimate of drug-likeness (QED) is 0.636. The highest BCUT2D eigenvalue weighted by Crippen LogP contribution is 2.42. The van der Waals surface area contributed by atoms with Crippen LogP contribution in [0.25, 0.3) is 0 Å². The summed E-state index contributed by atoms with van der Waals surface area (Å²) in [5.41, 5.74) is 0.724. The molecular weight excluding hydrogens is 303 g/mol. The molecule has 18 heavy (non-hydrogen) atoms. The van der Waals surface area contributed by atoms with Crippen molar-refractivity contribution < 1.29 is 34.6 Å². The molecule has 0 spiro atoms. The zero-order valence-corrected chi connectivity index (χ0v) is 10.6. The third kappa shape index (κ3) is 2.44. The molecule has 1 aromatic heterocycles. The minimum Gasteiger partial charge on any atom is -0.366 e. The van der Waals surface area contributed by atoms with Gasteiger partial charge in [-0.15, -0.1) is 11.3 Å². The highest BCUT2D eigenvalue weighted by Gasteiger charge is 2.69. The first kappa shape index (κ1) is 15.2. The van der Waals surface area contributed by atoms with Crippen LogP contribution >= 0.6 is 11.3 Å². The van der Waals surface area contributed by atoms with Crippen LogP contribution in [-0.4, -0.2) is 19.8 Å². The van der Waals surface area contributed by atoms with Gasteiger partial charge in [-0.05, 0) is 24.8 Å². The fourth-order valence-corrected chi connectivity index (χ4v) is 2.79. The fraction of sp³-hybridized carbons (Fsp3) is 0.500. The van der Waals surface area contributed by atoms with Gasteiger partial charge < -0.3 is 4.18 Å². The maximum atomic E-state index is 12.7. The Morgan fingerprint density at radius 1 is 1.17 bits per heavy atom. The van der Waals surface area contributed by atoms with Gasteiger partial charge in [-0.2, -0.15) is 30.4 Å². The Hall–Kier alpha value is -0.900. The summed E-state index contributed by atoms with van der Waals surface area (Å²) in [6.07, 6.45) is -6.23. The molecule has 1 rings (SSSR count). The monoisotopic (exact) mass is 310 g/mol. The summed E-state index contributed by atoms with van der Waals surface area (Å²) in [5, 5.41) is -5.08. The molecule has 0 saturated carbocycles. The molecule has 0 aliphatic carbocycles. The average molecular weight is 310 g/mol. The zero-order valence-electron chi connectivity index (χ0n) is 9.01. The zero-order chi connectivity index (χ0) is 14.4. The molecule has 3 nitrogen and oxygen atoms in total. The van der Waals surface area contributed by atoms with E-state index in [9.17, 15) is 30.4 Å². The molecule has 104 valence electrons. The molecule has 10 heteroatoms. The number of alkyl halides is 5. The Bertz CT molecular complexity index is 544. The molecule has 0 aliphatic rings. The molecule has 0 unspecified atom stereocenters. The molecule has 0 atom stereocenters. The average Bonchev–Trinajstić information content (AvgIpc) is 2.47. The number of halogens is 5. The molecule has 0 radical (unpaired) electrons. The second-order valence-electron chi connectivity index (χ2n) is 3.38. The summed E-state index contributed by atoms with van der Waals surface area (Å²) in [6, 6.07) is 0. The second kappa shape index (κ2) is 4.34. The van der Waals surface area contributed by atoms with Gasteiger partial charge in [0.25, 0.3) is 0 Å². The van der Waals surface area contributed by atoms with E-state index >= 15 is 0 Å². The summed E-state index contributed by atoms with van der Waals surface area (Å²) >= 11 is 0.628. The van der Waals surface area contributed by atoms with E-state index in [-0.39, 0.29) is 5.56 Å². The summed E-state index contributed by atoms with van der Waals surface area (Å²) in [6.45, 7) is 2.88. The Morgan fingerprint density at radius 3 is 2.00 bits per heavy atom. The van der Waals surface area contributed by atoms with Crippen LogP contribution in [0, 0.1) is 13.8 Å². The van der Waals surface area contributed by atoms with Crippen molar-refractivity contribution in [3.8, 4) is 5.06 Å². The molecule has 0 saturated heterocycles. The lowest BCUT2D eigenvalue weighted by molar-refractivity contribution is -0.243. The van der Waals surface area contributed by atoms with Crippen molar-refractivity contribution >= 4 is 21.5 Å². The third-order valence-corrected chi connectivity index (χ3v) is 4.50. The van der Waals surface area contributed by atoms with Crippen LogP contribution in [-0.2, 0) is 10.1 Å². The van der Waals surface area contributed by atoms with E-state index in [1.807, 2.05) is 0 Å². The van der Waals surface area contributed by atoms with Crippen molar-refractivity contribution in [2.45, 2.75) is 25.3 Å². The van der Waals surface area contributed by atoms with Crippen LogP contribution in [0.3, 0.4) is 0 Å². The number of hydrogen-bond acceptors (Lipinski definition) is 4. The predicted octanol–water partition coefficient (Wildman–Crippen LogP) is 3.23. The van der Waals surface area contributed by atoms with Crippen molar-refractivity contribution in [3.05, 3.63) is 16.5 Å². The predicted molar refractivity (Wildman–Crippen MR) is 54.3 cm³/mol. The van der Waals surface area contributed by atoms with Gasteiger partial charge >= 0.3 is 21.5 Å². The molecular formula is C8H7F5O3S2. The van der Waals surface area contributed by atoms with E-state index < -0.39 is 26.6 Å². The van der Waals surface area contributed by atoms with Gasteiger partial charge in [-0.3, -0.25) is 0 Å². The maximum absolute atomic E-state index is 12.7. The highest BCUT2D eigenvalue weighted by atomic mass is 32.2. The minimum atomic E-state index is -6.23. The first-order chi connectivity index (χ1) is 7.90. The van der Waals surface area contributed by atoms with Crippen LogP contribution < -0.4 is 4.18 Å². The standard InChI is InChI=1S/C8H7F5O3S2/c1-4-3-17-6(5(4)2)16-18(14,15)8(12,13)7(9,10)11/h3H,1-2H3. The van der Waals surface area contributed by atoms with Crippen molar-refractivity contribution in [1.82, 2.24) is 0 Å². The van der Waals surface area contributed by atoms with Gasteiger partial charge in [-0.25, -0.2) is 0 Å². The Kier molecular flexibility index (Phi) is 3.65. The molecule has 0 N–H and O–H groups in total. The second-order valence-corrected chi connectivity index (χ2v) is 5.81. The van der Waals surface area contributed by atoms with E-state index in [1.54, 1.807) is 0 Å². The summed E-state index contributed by atoms with van der Waals surface area (Å²) in [4.78, 5) is 0. The van der Waals surface area contributed by atoms with Crippen LogP contribution in [0.4, 0.5) is 22.0 Å². The Morgan fingerprint density at radius 2 is 1.67 bits per heavy atom. The third-order valence-electron chi connectivity index (χ3n) is 2.07. The van der Waals surface area contributed by atoms with Gasteiger partial charge in [-0.1, -0.05) is 0 Å². The number of thiophene rings is 1. The Labute approximate surface area is 103 Å². The van der Waals surface area contributed by atoms with E-state index in [1.165, 1.54) is 19.2 Å². The van der Waals surface area contributed by atoms with E-state index in [2.05, 4.69) is 4.18 Å². The molecule has 0 aromatic carbocycles. The molecule has 1 heterocycles. The van der Waals surface area contributed by atoms with Gasteiger partial charge in [0.1, 0.15) is 0 Å². The van der Waals surface area contributed by atoms with Gasteiger partial charge in [0.2, 0.25) is 0 Å². The molecule has 0 aliphatic heterocycles. The summed E-state index contributed by atoms with van der Waals surface area (Å²) < 4.78 is 86.9. The largest absolute Gasteiger partial charge is 0.475 e. The topological polar surface area (TPSA) is 43.4 Å². The number of hydrogen-bond donors (Lipinski definition) is 0. The van der Waals surface area contributed by atoms with Crippen molar-refractivity contribution in [2.75, 3.05) is 0 Å². The minimum absolute atomic E-state index is 0.196. The highest BCUT2D eigenvalue weighted by molar-refractivity contribution is 7.88. The van der Waals surface area contributed by atoms with Crippen LogP contribution in [0.2, 0.25) is 0 Å². The molecule has 1 aromatic rings. The lowest BCUT2D eigenvalue weighted by Crippen LogP contribution is -2.46.